The first-order valence-corrected chi connectivity index (χ1v) is 9.85. The maximum absolute atomic E-state index is 14.0. The molecule has 0 unspecified atom stereocenters. The van der Waals surface area contributed by atoms with E-state index in [1.807, 2.05) is 6.92 Å². The highest BCUT2D eigenvalue weighted by Crippen LogP contribution is 2.46. The largest absolute Gasteiger partial charge is 0.417 e. The second kappa shape index (κ2) is 6.98. The fourth-order valence-electron chi connectivity index (χ4n) is 3.72. The van der Waals surface area contributed by atoms with Crippen molar-refractivity contribution >= 4 is 38.8 Å². The van der Waals surface area contributed by atoms with Crippen molar-refractivity contribution in [1.29, 1.82) is 0 Å². The third-order valence-corrected chi connectivity index (χ3v) is 6.20. The first kappa shape index (κ1) is 19.6. The summed E-state index contributed by atoms with van der Waals surface area (Å²) in [6.07, 6.45) is -3.16. The number of fused-ring (bicyclic) bond motifs is 2. The van der Waals surface area contributed by atoms with Crippen LogP contribution < -0.4 is 11.1 Å². The number of nitrogens with zero attached hydrogens (tertiary/aromatic N) is 1. The molecule has 0 saturated carbocycles. The minimum Gasteiger partial charge on any atom is -0.397 e. The second-order valence-corrected chi connectivity index (χ2v) is 8.22. The number of carbonyl (C=O) groups excluding carboxylic acids is 1. The van der Waals surface area contributed by atoms with Gasteiger partial charge >= 0.3 is 6.18 Å². The number of rotatable bonds is 2. The van der Waals surface area contributed by atoms with Crippen molar-refractivity contribution in [3.8, 4) is 0 Å². The van der Waals surface area contributed by atoms with Gasteiger partial charge < -0.3 is 11.1 Å². The summed E-state index contributed by atoms with van der Waals surface area (Å²) < 4.78 is 55.8. The number of pyridine rings is 1. The summed E-state index contributed by atoms with van der Waals surface area (Å²) in [5.74, 6) is -1.32. The van der Waals surface area contributed by atoms with Crippen LogP contribution in [0, 0.1) is 11.7 Å². The van der Waals surface area contributed by atoms with E-state index in [9.17, 15) is 22.4 Å². The quantitative estimate of drug-likeness (QED) is 0.542. The molecule has 1 amide bonds. The Kier molecular flexibility index (Phi) is 4.72. The summed E-state index contributed by atoms with van der Waals surface area (Å²) in [5.41, 5.74) is 5.42. The van der Waals surface area contributed by atoms with Crippen LogP contribution in [0.25, 0.3) is 10.2 Å². The Hall–Kier alpha value is -2.68. The van der Waals surface area contributed by atoms with E-state index in [0.29, 0.717) is 12.1 Å². The van der Waals surface area contributed by atoms with Crippen LogP contribution in [0.3, 0.4) is 0 Å². The SMILES string of the molecule is C[C@H]1CCc2nc3sc(C(=O)Nc4ccccc4F)c(N)c3c(C(F)(F)F)c2C1. The zero-order valence-corrected chi connectivity index (χ0v) is 16.2. The molecule has 1 atom stereocenters. The number of aryl methyl sites for hydroxylation is 1. The summed E-state index contributed by atoms with van der Waals surface area (Å²) in [5, 5.41) is 2.13. The molecule has 1 aromatic carbocycles. The Labute approximate surface area is 167 Å². The molecule has 0 aliphatic heterocycles. The van der Waals surface area contributed by atoms with Crippen molar-refractivity contribution in [3.63, 3.8) is 0 Å². The van der Waals surface area contributed by atoms with Crippen LogP contribution in [0.1, 0.15) is 39.8 Å². The zero-order valence-electron chi connectivity index (χ0n) is 15.4. The Morgan fingerprint density at radius 2 is 2.03 bits per heavy atom. The lowest BCUT2D eigenvalue weighted by molar-refractivity contribution is -0.137. The van der Waals surface area contributed by atoms with E-state index in [0.717, 1.165) is 17.8 Å². The molecule has 3 aromatic rings. The van der Waals surface area contributed by atoms with Gasteiger partial charge in [0, 0.05) is 11.1 Å². The first-order valence-electron chi connectivity index (χ1n) is 9.03. The molecule has 0 spiro atoms. The monoisotopic (exact) mass is 423 g/mol. The third kappa shape index (κ3) is 3.43. The summed E-state index contributed by atoms with van der Waals surface area (Å²) >= 11 is 0.790. The molecule has 0 saturated heterocycles. The summed E-state index contributed by atoms with van der Waals surface area (Å²) in [6, 6.07) is 5.52. The van der Waals surface area contributed by atoms with Gasteiger partial charge in [0.2, 0.25) is 0 Å². The maximum Gasteiger partial charge on any atom is 0.417 e. The highest BCUT2D eigenvalue weighted by atomic mass is 32.1. The molecule has 1 aliphatic carbocycles. The van der Waals surface area contributed by atoms with Crippen LogP contribution in [-0.2, 0) is 19.0 Å². The van der Waals surface area contributed by atoms with Crippen LogP contribution in [0.5, 0.6) is 0 Å². The topological polar surface area (TPSA) is 68.0 Å². The highest BCUT2D eigenvalue weighted by molar-refractivity contribution is 7.21. The number of nitrogens with one attached hydrogen (secondary N) is 1. The van der Waals surface area contributed by atoms with Gasteiger partial charge in [-0.25, -0.2) is 9.37 Å². The molecule has 0 fully saturated rings. The Morgan fingerprint density at radius 1 is 1.31 bits per heavy atom. The van der Waals surface area contributed by atoms with E-state index >= 15 is 0 Å². The lowest BCUT2D eigenvalue weighted by Crippen LogP contribution is -2.20. The van der Waals surface area contributed by atoms with Gasteiger partial charge in [0.1, 0.15) is 15.5 Å². The van der Waals surface area contributed by atoms with Crippen LogP contribution in [0.2, 0.25) is 0 Å². The third-order valence-electron chi connectivity index (χ3n) is 5.10. The van der Waals surface area contributed by atoms with E-state index in [-0.39, 0.29) is 44.4 Å². The Bertz CT molecular complexity index is 1120. The number of para-hydroxylation sites is 1. The molecule has 2 aromatic heterocycles. The fourth-order valence-corrected chi connectivity index (χ4v) is 4.74. The maximum atomic E-state index is 14.0. The number of alkyl halides is 3. The lowest BCUT2D eigenvalue weighted by atomic mass is 9.84. The smallest absolute Gasteiger partial charge is 0.397 e. The van der Waals surface area contributed by atoms with Crippen LogP contribution in [-0.4, -0.2) is 10.9 Å². The van der Waals surface area contributed by atoms with E-state index < -0.39 is 23.5 Å². The van der Waals surface area contributed by atoms with Gasteiger partial charge in [0.25, 0.3) is 5.91 Å². The van der Waals surface area contributed by atoms with Gasteiger partial charge in [-0.1, -0.05) is 19.1 Å². The van der Waals surface area contributed by atoms with Crippen molar-refractivity contribution in [2.75, 3.05) is 11.1 Å². The molecule has 3 N–H and O–H groups in total. The Balaban J connectivity index is 1.87. The molecule has 0 radical (unpaired) electrons. The predicted molar refractivity (Wildman–Crippen MR) is 105 cm³/mol. The number of halogens is 4. The number of aromatic nitrogens is 1. The standard InChI is InChI=1S/C20H17F4N3OS/c1-9-6-7-12-10(8-9)15(20(22,23)24)14-16(25)17(29-19(14)27-12)18(28)26-13-5-3-2-4-11(13)21/h2-5,9H,6-8,25H2,1H3,(H,26,28)/t9-/m0/s1. The summed E-state index contributed by atoms with van der Waals surface area (Å²) in [7, 11) is 0. The van der Waals surface area contributed by atoms with Crippen molar-refractivity contribution in [3.05, 3.63) is 51.8 Å². The molecule has 9 heteroatoms. The fraction of sp³-hybridized carbons (Fsp3) is 0.300. The van der Waals surface area contributed by atoms with Crippen molar-refractivity contribution in [1.82, 2.24) is 4.98 Å². The van der Waals surface area contributed by atoms with Crippen molar-refractivity contribution in [2.24, 2.45) is 5.92 Å². The van der Waals surface area contributed by atoms with Crippen molar-refractivity contribution < 1.29 is 22.4 Å². The first-order chi connectivity index (χ1) is 13.7. The molecule has 4 rings (SSSR count). The normalized spacial score (nSPS) is 16.7. The molecule has 1 aliphatic rings. The zero-order chi connectivity index (χ0) is 20.9. The molecule has 29 heavy (non-hydrogen) atoms. The van der Waals surface area contributed by atoms with Crippen molar-refractivity contribution in [2.45, 2.75) is 32.4 Å². The second-order valence-electron chi connectivity index (χ2n) is 7.22. The lowest BCUT2D eigenvalue weighted by Gasteiger charge is -2.25. The number of amides is 1. The summed E-state index contributed by atoms with van der Waals surface area (Å²) in [6.45, 7) is 1.90. The van der Waals surface area contributed by atoms with Crippen LogP contribution in [0.15, 0.2) is 24.3 Å². The highest BCUT2D eigenvalue weighted by Gasteiger charge is 2.40. The predicted octanol–water partition coefficient (Wildman–Crippen LogP) is 5.41. The summed E-state index contributed by atoms with van der Waals surface area (Å²) in [4.78, 5) is 17.0. The van der Waals surface area contributed by atoms with E-state index in [2.05, 4.69) is 10.3 Å². The number of hydrogen-bond acceptors (Lipinski definition) is 4. The van der Waals surface area contributed by atoms with Gasteiger partial charge in [-0.05, 0) is 42.9 Å². The van der Waals surface area contributed by atoms with Gasteiger partial charge in [-0.2, -0.15) is 13.2 Å². The number of nitrogens with two attached hydrogens (primary N) is 1. The van der Waals surface area contributed by atoms with E-state index in [4.69, 9.17) is 5.73 Å². The molecule has 4 nitrogen and oxygen atoms in total. The molecular formula is C20H17F4N3OS. The van der Waals surface area contributed by atoms with E-state index in [1.165, 1.54) is 24.3 Å². The van der Waals surface area contributed by atoms with Gasteiger partial charge in [-0.3, -0.25) is 4.79 Å². The van der Waals surface area contributed by atoms with Gasteiger partial charge in [0.05, 0.1) is 16.9 Å². The van der Waals surface area contributed by atoms with Gasteiger partial charge in [-0.15, -0.1) is 11.3 Å². The number of nitrogen functional groups attached to an aromatic ring is 1. The van der Waals surface area contributed by atoms with Gasteiger partial charge in [0.15, 0.2) is 0 Å². The minimum atomic E-state index is -4.63. The molecular weight excluding hydrogens is 406 g/mol. The minimum absolute atomic E-state index is 0.0711. The number of thiophene rings is 1. The number of carbonyl (C=O) groups is 1. The number of hydrogen-bond donors (Lipinski definition) is 2. The van der Waals surface area contributed by atoms with E-state index in [1.54, 1.807) is 0 Å². The molecule has 152 valence electrons. The average molecular weight is 423 g/mol. The molecule has 2 heterocycles. The number of anilines is 2. The average Bonchev–Trinajstić information content (AvgIpc) is 2.97. The molecule has 0 bridgehead atoms. The van der Waals surface area contributed by atoms with Crippen LogP contribution in [0.4, 0.5) is 28.9 Å². The van der Waals surface area contributed by atoms with Crippen LogP contribution >= 0.6 is 11.3 Å². The Morgan fingerprint density at radius 3 is 2.72 bits per heavy atom. The number of benzene rings is 1.